The summed E-state index contributed by atoms with van der Waals surface area (Å²) in [4.78, 5) is 31.1. The molecule has 0 bridgehead atoms. The molecule has 0 unspecified atom stereocenters. The molecule has 4 rings (SSSR count). The molecule has 3 aromatic rings. The zero-order valence-corrected chi connectivity index (χ0v) is 14.1. The van der Waals surface area contributed by atoms with E-state index in [2.05, 4.69) is 15.0 Å². The van der Waals surface area contributed by atoms with E-state index in [1.165, 1.54) is 6.20 Å². The third-order valence-electron chi connectivity index (χ3n) is 4.72. The van der Waals surface area contributed by atoms with Crippen LogP contribution >= 0.6 is 0 Å². The maximum absolute atomic E-state index is 13.1. The fourth-order valence-electron chi connectivity index (χ4n) is 3.44. The van der Waals surface area contributed by atoms with E-state index in [4.69, 9.17) is 10.7 Å². The highest BCUT2D eigenvalue weighted by atomic mass is 16.2. The van der Waals surface area contributed by atoms with E-state index in [1.54, 1.807) is 6.92 Å². The Kier molecular flexibility index (Phi) is 3.83. The topological polar surface area (TPSA) is 101 Å². The average molecular weight is 336 g/mol. The van der Waals surface area contributed by atoms with E-state index in [-0.39, 0.29) is 17.9 Å². The zero-order chi connectivity index (χ0) is 17.4. The summed E-state index contributed by atoms with van der Waals surface area (Å²) in [5.74, 6) is 0.951. The van der Waals surface area contributed by atoms with Crippen LogP contribution in [0, 0.1) is 6.92 Å². The zero-order valence-electron chi connectivity index (χ0n) is 14.1. The second-order valence-electron chi connectivity index (χ2n) is 6.38. The van der Waals surface area contributed by atoms with E-state index in [0.717, 1.165) is 36.1 Å². The van der Waals surface area contributed by atoms with E-state index in [1.807, 2.05) is 29.2 Å². The molecule has 1 amide bonds. The Morgan fingerprint density at radius 3 is 2.92 bits per heavy atom. The molecule has 1 saturated heterocycles. The van der Waals surface area contributed by atoms with Gasteiger partial charge in [-0.05, 0) is 38.3 Å². The summed E-state index contributed by atoms with van der Waals surface area (Å²) in [5.41, 5.74) is 8.61. The number of nitrogen functional groups attached to an aromatic ring is 1. The molecule has 0 aliphatic carbocycles. The quantitative estimate of drug-likeness (QED) is 0.749. The Morgan fingerprint density at radius 1 is 1.28 bits per heavy atom. The number of aromatic nitrogens is 4. The molecule has 3 N–H and O–H groups in total. The summed E-state index contributed by atoms with van der Waals surface area (Å²) in [6.07, 6.45) is 4.46. The summed E-state index contributed by atoms with van der Waals surface area (Å²) in [6, 6.07) is 7.85. The minimum Gasteiger partial charge on any atom is -0.368 e. The number of fused-ring (bicyclic) bond motifs is 1. The van der Waals surface area contributed by atoms with Crippen LogP contribution in [0.5, 0.6) is 0 Å². The van der Waals surface area contributed by atoms with Gasteiger partial charge in [-0.3, -0.25) is 4.79 Å². The monoisotopic (exact) mass is 336 g/mol. The molecular formula is C18H20N6O. The number of aryl methyl sites for hydroxylation is 1. The van der Waals surface area contributed by atoms with Crippen LogP contribution in [0.1, 0.15) is 47.2 Å². The Balaban J connectivity index is 1.70. The number of rotatable bonds is 2. The number of hydrogen-bond donors (Lipinski definition) is 2. The Hall–Kier alpha value is -2.96. The molecule has 2 aromatic heterocycles. The smallest absolute Gasteiger partial charge is 0.257 e. The number of benzene rings is 1. The van der Waals surface area contributed by atoms with Crippen molar-refractivity contribution in [1.82, 2.24) is 24.8 Å². The van der Waals surface area contributed by atoms with Crippen molar-refractivity contribution in [3.8, 4) is 0 Å². The molecule has 7 nitrogen and oxygen atoms in total. The normalized spacial score (nSPS) is 17.8. The lowest BCUT2D eigenvalue weighted by atomic mass is 10.00. The molecule has 1 atom stereocenters. The molecule has 0 saturated carbocycles. The van der Waals surface area contributed by atoms with Gasteiger partial charge in [-0.25, -0.2) is 15.0 Å². The Morgan fingerprint density at radius 2 is 2.12 bits per heavy atom. The summed E-state index contributed by atoms with van der Waals surface area (Å²) in [5, 5.41) is 0. The highest BCUT2D eigenvalue weighted by molar-refractivity contribution is 5.95. The highest BCUT2D eigenvalue weighted by Crippen LogP contribution is 2.32. The predicted molar refractivity (Wildman–Crippen MR) is 94.9 cm³/mol. The molecule has 1 aliphatic heterocycles. The van der Waals surface area contributed by atoms with Gasteiger partial charge in [0.2, 0.25) is 5.95 Å². The van der Waals surface area contributed by atoms with Crippen LogP contribution in [-0.2, 0) is 0 Å². The lowest BCUT2D eigenvalue weighted by molar-refractivity contribution is 0.0599. The van der Waals surface area contributed by atoms with Crippen molar-refractivity contribution in [3.05, 3.63) is 47.5 Å². The summed E-state index contributed by atoms with van der Waals surface area (Å²) in [7, 11) is 0. The number of likely N-dealkylation sites (tertiary alicyclic amines) is 1. The number of amides is 1. The van der Waals surface area contributed by atoms with E-state index in [0.29, 0.717) is 17.8 Å². The SMILES string of the molecule is Cc1nc(N)ncc1C(=O)N1CCCC[C@H]1c1nc2ccccc2[nH]1. The van der Waals surface area contributed by atoms with Gasteiger partial charge in [0.1, 0.15) is 5.82 Å². The Bertz CT molecular complexity index is 901. The minimum absolute atomic E-state index is 0.0643. The van der Waals surface area contributed by atoms with Gasteiger partial charge in [0, 0.05) is 12.7 Å². The molecule has 1 aliphatic rings. The van der Waals surface area contributed by atoms with Crippen LogP contribution < -0.4 is 5.73 Å². The first-order valence-electron chi connectivity index (χ1n) is 8.48. The summed E-state index contributed by atoms with van der Waals surface area (Å²) < 4.78 is 0. The number of carbonyl (C=O) groups is 1. The van der Waals surface area contributed by atoms with Crippen molar-refractivity contribution in [2.24, 2.45) is 0 Å². The van der Waals surface area contributed by atoms with Gasteiger partial charge in [-0.2, -0.15) is 0 Å². The molecule has 0 spiro atoms. The van der Waals surface area contributed by atoms with Crippen LogP contribution in [0.25, 0.3) is 11.0 Å². The Labute approximate surface area is 145 Å². The standard InChI is InChI=1S/C18H20N6O/c1-11-12(10-20-18(19)21-11)17(25)24-9-5-4-8-15(24)16-22-13-6-2-3-7-14(13)23-16/h2-3,6-7,10,15H,4-5,8-9H2,1H3,(H,22,23)(H2,19,20,21)/t15-/m0/s1. The van der Waals surface area contributed by atoms with E-state index in [9.17, 15) is 4.79 Å². The largest absolute Gasteiger partial charge is 0.368 e. The minimum atomic E-state index is -0.0670. The highest BCUT2D eigenvalue weighted by Gasteiger charge is 2.31. The van der Waals surface area contributed by atoms with E-state index >= 15 is 0 Å². The van der Waals surface area contributed by atoms with Crippen molar-refractivity contribution in [1.29, 1.82) is 0 Å². The van der Waals surface area contributed by atoms with Gasteiger partial charge in [0.05, 0.1) is 28.3 Å². The number of nitrogens with two attached hydrogens (primary N) is 1. The number of nitrogens with zero attached hydrogens (tertiary/aromatic N) is 4. The molecular weight excluding hydrogens is 316 g/mol. The predicted octanol–water partition coefficient (Wildman–Crippen LogP) is 2.61. The molecule has 0 radical (unpaired) electrons. The van der Waals surface area contributed by atoms with Gasteiger partial charge in [0.15, 0.2) is 0 Å². The van der Waals surface area contributed by atoms with Crippen LogP contribution in [0.3, 0.4) is 0 Å². The second kappa shape index (κ2) is 6.16. The number of anilines is 1. The summed E-state index contributed by atoms with van der Waals surface area (Å²) >= 11 is 0. The van der Waals surface area contributed by atoms with Gasteiger partial charge in [-0.1, -0.05) is 12.1 Å². The maximum atomic E-state index is 13.1. The third-order valence-corrected chi connectivity index (χ3v) is 4.72. The van der Waals surface area contributed by atoms with Crippen molar-refractivity contribution in [3.63, 3.8) is 0 Å². The number of para-hydroxylation sites is 2. The molecule has 7 heteroatoms. The number of hydrogen-bond acceptors (Lipinski definition) is 5. The second-order valence-corrected chi connectivity index (χ2v) is 6.38. The van der Waals surface area contributed by atoms with Gasteiger partial charge in [0.25, 0.3) is 5.91 Å². The molecule has 3 heterocycles. The number of H-pyrrole nitrogens is 1. The number of aromatic amines is 1. The van der Waals surface area contributed by atoms with Gasteiger partial charge in [-0.15, -0.1) is 0 Å². The third kappa shape index (κ3) is 2.82. The van der Waals surface area contributed by atoms with Crippen LogP contribution in [0.15, 0.2) is 30.5 Å². The number of carbonyl (C=O) groups excluding carboxylic acids is 1. The lowest BCUT2D eigenvalue weighted by Gasteiger charge is -2.34. The fourth-order valence-corrected chi connectivity index (χ4v) is 3.44. The van der Waals surface area contributed by atoms with Gasteiger partial charge >= 0.3 is 0 Å². The lowest BCUT2D eigenvalue weighted by Crippen LogP contribution is -2.39. The fraction of sp³-hybridized carbons (Fsp3) is 0.333. The molecule has 25 heavy (non-hydrogen) atoms. The van der Waals surface area contributed by atoms with Crippen molar-refractivity contribution in [2.75, 3.05) is 12.3 Å². The maximum Gasteiger partial charge on any atom is 0.257 e. The van der Waals surface area contributed by atoms with Gasteiger partial charge < -0.3 is 15.6 Å². The van der Waals surface area contributed by atoms with Crippen molar-refractivity contribution >= 4 is 22.9 Å². The molecule has 128 valence electrons. The first-order valence-corrected chi connectivity index (χ1v) is 8.48. The first-order chi connectivity index (χ1) is 12.1. The molecule has 1 fully saturated rings. The van der Waals surface area contributed by atoms with Crippen LogP contribution in [0.4, 0.5) is 5.95 Å². The number of piperidine rings is 1. The summed E-state index contributed by atoms with van der Waals surface area (Å²) in [6.45, 7) is 2.48. The van der Waals surface area contributed by atoms with Crippen molar-refractivity contribution < 1.29 is 4.79 Å². The van der Waals surface area contributed by atoms with Crippen LogP contribution in [0.2, 0.25) is 0 Å². The first kappa shape index (κ1) is 15.6. The van der Waals surface area contributed by atoms with Crippen LogP contribution in [-0.4, -0.2) is 37.3 Å². The van der Waals surface area contributed by atoms with E-state index < -0.39 is 0 Å². The van der Waals surface area contributed by atoms with Crippen molar-refractivity contribution in [2.45, 2.75) is 32.2 Å². The average Bonchev–Trinajstić information content (AvgIpc) is 3.05. The molecule has 1 aromatic carbocycles. The number of imidazole rings is 1. The number of nitrogens with one attached hydrogen (secondary N) is 1.